The van der Waals surface area contributed by atoms with Crippen molar-refractivity contribution in [2.75, 3.05) is 11.4 Å². The minimum Gasteiger partial charge on any atom is -0.340 e. The largest absolute Gasteiger partial charge is 0.340 e. The highest BCUT2D eigenvalue weighted by Gasteiger charge is 2.27. The molecule has 3 aromatic carbocycles. The summed E-state index contributed by atoms with van der Waals surface area (Å²) >= 11 is 1.85. The average molecular weight is 604 g/mol. The van der Waals surface area contributed by atoms with Gasteiger partial charge in [0.1, 0.15) is 0 Å². The number of allylic oxidation sites excluding steroid dienone is 1. The number of nitrogens with zero attached hydrogens (tertiary/aromatic N) is 1. The van der Waals surface area contributed by atoms with Gasteiger partial charge in [-0.05, 0) is 101 Å². The van der Waals surface area contributed by atoms with Crippen molar-refractivity contribution in [3.05, 3.63) is 81.4 Å². The van der Waals surface area contributed by atoms with Crippen LogP contribution >= 0.6 is 11.8 Å². The first-order chi connectivity index (χ1) is 20.4. The molecule has 0 saturated heterocycles. The number of benzene rings is 3. The normalized spacial score (nSPS) is 13.5. The SMILES string of the molecule is CCCCCCCCN1c2ccc(C(=Cc3c(C)c(F)c(F)c(CC)c3C)C(C)C)cc2Sc2cc(C(C)(C)C)ccc21. The van der Waals surface area contributed by atoms with E-state index >= 15 is 0 Å². The molecule has 0 aliphatic carbocycles. The summed E-state index contributed by atoms with van der Waals surface area (Å²) in [6.45, 7) is 19.9. The molecular weight excluding hydrogens is 552 g/mol. The van der Waals surface area contributed by atoms with Crippen LogP contribution in [-0.2, 0) is 11.8 Å². The summed E-state index contributed by atoms with van der Waals surface area (Å²) in [6, 6.07) is 13.8. The maximum absolute atomic E-state index is 15.0. The van der Waals surface area contributed by atoms with Crippen molar-refractivity contribution in [2.24, 2.45) is 5.92 Å². The molecule has 0 radical (unpaired) electrons. The Kier molecular flexibility index (Phi) is 10.9. The number of halogens is 2. The van der Waals surface area contributed by atoms with Crippen molar-refractivity contribution in [3.8, 4) is 0 Å². The molecule has 0 spiro atoms. The second-order valence-electron chi connectivity index (χ2n) is 13.5. The lowest BCUT2D eigenvalue weighted by molar-refractivity contribution is 0.493. The van der Waals surface area contributed by atoms with Gasteiger partial charge in [-0.15, -0.1) is 0 Å². The van der Waals surface area contributed by atoms with Crippen LogP contribution in [0.25, 0.3) is 11.6 Å². The van der Waals surface area contributed by atoms with Crippen LogP contribution in [0.1, 0.15) is 120 Å². The van der Waals surface area contributed by atoms with Crippen molar-refractivity contribution >= 4 is 34.8 Å². The van der Waals surface area contributed by atoms with Gasteiger partial charge < -0.3 is 4.90 Å². The Morgan fingerprint density at radius 2 is 1.47 bits per heavy atom. The lowest BCUT2D eigenvalue weighted by Gasteiger charge is -2.34. The Labute approximate surface area is 264 Å². The first kappa shape index (κ1) is 33.3. The van der Waals surface area contributed by atoms with E-state index in [0.29, 0.717) is 17.5 Å². The number of unbranched alkanes of at least 4 members (excludes halogenated alkanes) is 5. The van der Waals surface area contributed by atoms with Crippen molar-refractivity contribution in [1.82, 2.24) is 0 Å². The zero-order valence-electron chi connectivity index (χ0n) is 27.9. The molecule has 0 N–H and O–H groups in total. The molecule has 0 aromatic heterocycles. The van der Waals surface area contributed by atoms with Crippen LogP contribution in [0, 0.1) is 31.4 Å². The Balaban J connectivity index is 1.77. The highest BCUT2D eigenvalue weighted by molar-refractivity contribution is 7.99. The highest BCUT2D eigenvalue weighted by Crippen LogP contribution is 2.50. The Morgan fingerprint density at radius 3 is 2.09 bits per heavy atom. The molecule has 1 aliphatic heterocycles. The molecule has 0 amide bonds. The Morgan fingerprint density at radius 1 is 0.837 bits per heavy atom. The standard InChI is InChI=1S/C39H51F2NS/c1-10-12-13-14-15-16-21-42-33-19-17-28(22-35(33)43-36-23-29(39(7,8)9)18-20-34(36)42)31(25(3)4)24-32-26(5)30(11-2)38(41)37(40)27(32)6/h17-20,22-25H,10-16,21H2,1-9H3. The van der Waals surface area contributed by atoms with E-state index in [1.54, 1.807) is 6.92 Å². The highest BCUT2D eigenvalue weighted by atomic mass is 32.2. The van der Waals surface area contributed by atoms with E-state index in [4.69, 9.17) is 0 Å². The molecule has 0 saturated carbocycles. The van der Waals surface area contributed by atoms with Gasteiger partial charge in [-0.3, -0.25) is 0 Å². The van der Waals surface area contributed by atoms with E-state index in [1.165, 1.54) is 65.3 Å². The monoisotopic (exact) mass is 603 g/mol. The molecule has 3 aromatic rings. The molecule has 43 heavy (non-hydrogen) atoms. The van der Waals surface area contributed by atoms with Crippen molar-refractivity contribution in [2.45, 2.75) is 122 Å². The molecular formula is C39H51F2NS. The minimum atomic E-state index is -0.727. The summed E-state index contributed by atoms with van der Waals surface area (Å²) in [6.07, 6.45) is 10.2. The number of fused-ring (bicyclic) bond motifs is 2. The molecule has 4 heteroatoms. The van der Waals surface area contributed by atoms with Crippen molar-refractivity contribution in [1.29, 1.82) is 0 Å². The maximum atomic E-state index is 15.0. The molecule has 232 valence electrons. The summed E-state index contributed by atoms with van der Waals surface area (Å²) in [5.41, 5.74) is 8.73. The van der Waals surface area contributed by atoms with E-state index in [-0.39, 0.29) is 11.3 Å². The molecule has 1 heterocycles. The molecule has 0 unspecified atom stereocenters. The molecule has 0 fully saturated rings. The predicted molar refractivity (Wildman–Crippen MR) is 184 cm³/mol. The van der Waals surface area contributed by atoms with E-state index in [1.807, 2.05) is 25.6 Å². The van der Waals surface area contributed by atoms with Crippen molar-refractivity contribution < 1.29 is 8.78 Å². The molecule has 4 rings (SSSR count). The van der Waals surface area contributed by atoms with E-state index in [0.717, 1.165) is 28.8 Å². The summed E-state index contributed by atoms with van der Waals surface area (Å²) < 4.78 is 29.7. The van der Waals surface area contributed by atoms with Crippen molar-refractivity contribution in [3.63, 3.8) is 0 Å². The second-order valence-corrected chi connectivity index (χ2v) is 14.6. The van der Waals surface area contributed by atoms with Gasteiger partial charge in [0.2, 0.25) is 0 Å². The van der Waals surface area contributed by atoms with Gasteiger partial charge >= 0.3 is 0 Å². The van der Waals surface area contributed by atoms with E-state index in [9.17, 15) is 8.78 Å². The van der Waals surface area contributed by atoms with Crippen LogP contribution < -0.4 is 4.90 Å². The minimum absolute atomic E-state index is 0.0763. The third-order valence-corrected chi connectivity index (χ3v) is 10.1. The number of hydrogen-bond acceptors (Lipinski definition) is 2. The van der Waals surface area contributed by atoms with Crippen LogP contribution in [0.15, 0.2) is 46.2 Å². The second kappa shape index (κ2) is 14.0. The summed E-state index contributed by atoms with van der Waals surface area (Å²) in [4.78, 5) is 5.08. The Hall–Kier alpha value is -2.59. The number of anilines is 2. The van der Waals surface area contributed by atoms with Gasteiger partial charge in [-0.1, -0.05) is 111 Å². The van der Waals surface area contributed by atoms with Crippen LogP contribution in [0.3, 0.4) is 0 Å². The third-order valence-electron chi connectivity index (χ3n) is 8.98. The van der Waals surface area contributed by atoms with E-state index in [2.05, 4.69) is 88.9 Å². The van der Waals surface area contributed by atoms with E-state index < -0.39 is 11.6 Å². The first-order valence-corrected chi connectivity index (χ1v) is 17.1. The summed E-state index contributed by atoms with van der Waals surface area (Å²) in [5, 5.41) is 0. The molecule has 1 nitrogen and oxygen atoms in total. The maximum Gasteiger partial charge on any atom is 0.162 e. The van der Waals surface area contributed by atoms with Gasteiger partial charge in [0.25, 0.3) is 0 Å². The summed E-state index contributed by atoms with van der Waals surface area (Å²) in [5.74, 6) is -1.22. The first-order valence-electron chi connectivity index (χ1n) is 16.3. The lowest BCUT2D eigenvalue weighted by atomic mass is 9.87. The van der Waals surface area contributed by atoms with Gasteiger partial charge in [0, 0.05) is 16.3 Å². The fourth-order valence-electron chi connectivity index (χ4n) is 6.22. The molecule has 0 bridgehead atoms. The zero-order valence-corrected chi connectivity index (χ0v) is 28.7. The lowest BCUT2D eigenvalue weighted by Crippen LogP contribution is -2.23. The average Bonchev–Trinajstić information content (AvgIpc) is 2.96. The zero-order chi connectivity index (χ0) is 31.5. The quantitative estimate of drug-likeness (QED) is 0.158. The predicted octanol–water partition coefficient (Wildman–Crippen LogP) is 12.6. The van der Waals surface area contributed by atoms with Crippen LogP contribution in [0.4, 0.5) is 20.2 Å². The van der Waals surface area contributed by atoms with Crippen LogP contribution in [-0.4, -0.2) is 6.54 Å². The third kappa shape index (κ3) is 7.22. The smallest absolute Gasteiger partial charge is 0.162 e. The molecule has 1 aliphatic rings. The number of hydrogen-bond donors (Lipinski definition) is 0. The van der Waals surface area contributed by atoms with Gasteiger partial charge in [-0.2, -0.15) is 0 Å². The number of rotatable bonds is 11. The fraction of sp³-hybridized carbons (Fsp3) is 0.487. The summed E-state index contributed by atoms with van der Waals surface area (Å²) in [7, 11) is 0. The Bertz CT molecular complexity index is 1480. The van der Waals surface area contributed by atoms with Gasteiger partial charge in [-0.25, -0.2) is 8.78 Å². The van der Waals surface area contributed by atoms with Gasteiger partial charge in [0.05, 0.1) is 11.4 Å². The topological polar surface area (TPSA) is 3.24 Å². The van der Waals surface area contributed by atoms with Crippen LogP contribution in [0.2, 0.25) is 0 Å². The van der Waals surface area contributed by atoms with Crippen LogP contribution in [0.5, 0.6) is 0 Å². The fourth-order valence-corrected chi connectivity index (χ4v) is 7.40. The van der Waals surface area contributed by atoms with Gasteiger partial charge in [0.15, 0.2) is 11.6 Å². The molecule has 0 atom stereocenters.